The molecule has 0 saturated carbocycles. The van der Waals surface area contributed by atoms with Crippen molar-refractivity contribution in [1.82, 2.24) is 0 Å². The first-order valence-corrected chi connectivity index (χ1v) is 5.61. The van der Waals surface area contributed by atoms with Crippen LogP contribution in [0.15, 0.2) is 42.5 Å². The van der Waals surface area contributed by atoms with E-state index in [1.807, 2.05) is 24.3 Å². The molecule has 0 spiro atoms. The summed E-state index contributed by atoms with van der Waals surface area (Å²) in [4.78, 5) is 0. The third-order valence-corrected chi connectivity index (χ3v) is 2.27. The van der Waals surface area contributed by atoms with E-state index < -0.39 is 0 Å². The fraction of sp³-hybridized carbons (Fsp3) is 0.0909. The second kappa shape index (κ2) is 3.96. The van der Waals surface area contributed by atoms with E-state index in [0.717, 1.165) is 5.75 Å². The third-order valence-electron chi connectivity index (χ3n) is 1.96. The third kappa shape index (κ3) is 1.77. The van der Waals surface area contributed by atoms with Crippen LogP contribution in [0.5, 0.6) is 5.75 Å². The van der Waals surface area contributed by atoms with E-state index in [0.29, 0.717) is 4.61 Å². The predicted molar refractivity (Wildman–Crippen MR) is 63.5 cm³/mol. The topological polar surface area (TPSA) is 9.23 Å². The number of benzene rings is 2. The molecule has 0 fully saturated rings. The molecule has 0 aliphatic carbocycles. The standard InChI is InChI=1S/C11H9IO/c12-8-13-11-7-3-5-9-4-1-2-6-10(9)11/h1-7H,8H2. The summed E-state index contributed by atoms with van der Waals surface area (Å²) in [5, 5.41) is 2.41. The van der Waals surface area contributed by atoms with Gasteiger partial charge in [0.15, 0.2) is 0 Å². The highest BCUT2D eigenvalue weighted by Gasteiger charge is 1.98. The van der Waals surface area contributed by atoms with Crippen molar-refractivity contribution in [2.24, 2.45) is 0 Å². The van der Waals surface area contributed by atoms with Crippen molar-refractivity contribution in [2.75, 3.05) is 4.61 Å². The van der Waals surface area contributed by atoms with Crippen molar-refractivity contribution >= 4 is 33.4 Å². The Labute approximate surface area is 90.9 Å². The monoisotopic (exact) mass is 284 g/mol. The molecule has 0 heterocycles. The number of rotatable bonds is 2. The van der Waals surface area contributed by atoms with Crippen molar-refractivity contribution in [3.63, 3.8) is 0 Å². The maximum absolute atomic E-state index is 5.51. The fourth-order valence-corrected chi connectivity index (χ4v) is 1.72. The van der Waals surface area contributed by atoms with Gasteiger partial charge >= 0.3 is 0 Å². The molecule has 0 N–H and O–H groups in total. The molecular formula is C11H9IO. The Bertz CT molecular complexity index is 406. The smallest absolute Gasteiger partial charge is 0.139 e. The van der Waals surface area contributed by atoms with E-state index >= 15 is 0 Å². The van der Waals surface area contributed by atoms with Crippen molar-refractivity contribution in [3.8, 4) is 5.75 Å². The molecule has 0 aliphatic rings. The van der Waals surface area contributed by atoms with E-state index in [-0.39, 0.29) is 0 Å². The van der Waals surface area contributed by atoms with E-state index in [2.05, 4.69) is 40.8 Å². The van der Waals surface area contributed by atoms with Crippen molar-refractivity contribution in [2.45, 2.75) is 0 Å². The first-order chi connectivity index (χ1) is 6.42. The number of hydrogen-bond donors (Lipinski definition) is 0. The minimum Gasteiger partial charge on any atom is -0.483 e. The number of hydrogen-bond acceptors (Lipinski definition) is 1. The average Bonchev–Trinajstić information content (AvgIpc) is 2.19. The summed E-state index contributed by atoms with van der Waals surface area (Å²) in [5.74, 6) is 0.965. The van der Waals surface area contributed by atoms with Crippen LogP contribution >= 0.6 is 22.6 Å². The van der Waals surface area contributed by atoms with Crippen LogP contribution < -0.4 is 4.74 Å². The second-order valence-corrected chi connectivity index (χ2v) is 3.35. The van der Waals surface area contributed by atoms with Gasteiger partial charge in [-0.25, -0.2) is 0 Å². The second-order valence-electron chi connectivity index (χ2n) is 2.73. The molecule has 0 radical (unpaired) electrons. The van der Waals surface area contributed by atoms with Gasteiger partial charge < -0.3 is 4.74 Å². The highest BCUT2D eigenvalue weighted by molar-refractivity contribution is 14.1. The zero-order valence-electron chi connectivity index (χ0n) is 7.03. The van der Waals surface area contributed by atoms with Gasteiger partial charge in [-0.1, -0.05) is 36.4 Å². The quantitative estimate of drug-likeness (QED) is 0.604. The summed E-state index contributed by atoms with van der Waals surface area (Å²) < 4.78 is 6.19. The Morgan fingerprint density at radius 3 is 2.62 bits per heavy atom. The Kier molecular flexibility index (Phi) is 2.68. The summed E-state index contributed by atoms with van der Waals surface area (Å²) >= 11 is 2.20. The lowest BCUT2D eigenvalue weighted by Crippen LogP contribution is -1.88. The van der Waals surface area contributed by atoms with Crippen LogP contribution in [-0.4, -0.2) is 4.61 Å². The lowest BCUT2D eigenvalue weighted by Gasteiger charge is -2.05. The zero-order valence-corrected chi connectivity index (χ0v) is 9.19. The largest absolute Gasteiger partial charge is 0.483 e. The van der Waals surface area contributed by atoms with Crippen LogP contribution in [0.1, 0.15) is 0 Å². The summed E-state index contributed by atoms with van der Waals surface area (Å²) in [5.41, 5.74) is 0. The Morgan fingerprint density at radius 1 is 1.00 bits per heavy atom. The van der Waals surface area contributed by atoms with Crippen molar-refractivity contribution < 1.29 is 4.74 Å². The van der Waals surface area contributed by atoms with Crippen molar-refractivity contribution in [3.05, 3.63) is 42.5 Å². The first kappa shape index (κ1) is 8.81. The molecule has 0 aromatic heterocycles. The molecule has 2 aromatic carbocycles. The summed E-state index contributed by atoms with van der Waals surface area (Å²) in [6, 6.07) is 14.4. The highest BCUT2D eigenvalue weighted by Crippen LogP contribution is 2.25. The molecule has 0 amide bonds. The van der Waals surface area contributed by atoms with Gasteiger partial charge in [-0.05, 0) is 34.0 Å². The van der Waals surface area contributed by atoms with Crippen LogP contribution in [0.4, 0.5) is 0 Å². The highest BCUT2D eigenvalue weighted by atomic mass is 127. The van der Waals surface area contributed by atoms with Gasteiger partial charge in [0.1, 0.15) is 10.4 Å². The number of fused-ring (bicyclic) bond motifs is 1. The van der Waals surface area contributed by atoms with E-state index in [9.17, 15) is 0 Å². The Balaban J connectivity index is 2.61. The Morgan fingerprint density at radius 2 is 1.77 bits per heavy atom. The molecule has 66 valence electrons. The molecular weight excluding hydrogens is 275 g/mol. The van der Waals surface area contributed by atoms with Crippen LogP contribution in [-0.2, 0) is 0 Å². The lowest BCUT2D eigenvalue weighted by atomic mass is 10.1. The first-order valence-electron chi connectivity index (χ1n) is 4.08. The SMILES string of the molecule is ICOc1cccc2ccccc12. The zero-order chi connectivity index (χ0) is 9.10. The van der Waals surface area contributed by atoms with E-state index in [1.54, 1.807) is 0 Å². The van der Waals surface area contributed by atoms with Gasteiger partial charge in [0.25, 0.3) is 0 Å². The van der Waals surface area contributed by atoms with E-state index in [1.165, 1.54) is 10.8 Å². The maximum atomic E-state index is 5.51. The Hall–Kier alpha value is -0.770. The van der Waals surface area contributed by atoms with Crippen LogP contribution in [0, 0.1) is 0 Å². The van der Waals surface area contributed by atoms with Crippen molar-refractivity contribution in [1.29, 1.82) is 0 Å². The minimum atomic E-state index is 0.686. The molecule has 1 nitrogen and oxygen atoms in total. The van der Waals surface area contributed by atoms with E-state index in [4.69, 9.17) is 4.74 Å². The number of alkyl halides is 1. The fourth-order valence-electron chi connectivity index (χ4n) is 1.38. The van der Waals surface area contributed by atoms with Crippen LogP contribution in [0.25, 0.3) is 10.8 Å². The molecule has 2 rings (SSSR count). The van der Waals surface area contributed by atoms with Crippen LogP contribution in [0.3, 0.4) is 0 Å². The lowest BCUT2D eigenvalue weighted by molar-refractivity contribution is 0.409. The molecule has 13 heavy (non-hydrogen) atoms. The summed E-state index contributed by atoms with van der Waals surface area (Å²) in [7, 11) is 0. The maximum Gasteiger partial charge on any atom is 0.139 e. The average molecular weight is 284 g/mol. The molecule has 0 bridgehead atoms. The van der Waals surface area contributed by atoms with Gasteiger partial charge in [0.05, 0.1) is 0 Å². The van der Waals surface area contributed by atoms with Gasteiger partial charge in [-0.2, -0.15) is 0 Å². The summed E-state index contributed by atoms with van der Waals surface area (Å²) in [6.45, 7) is 0. The predicted octanol–water partition coefficient (Wildman–Crippen LogP) is 3.61. The van der Waals surface area contributed by atoms with Gasteiger partial charge in [0, 0.05) is 5.39 Å². The molecule has 0 saturated heterocycles. The normalized spacial score (nSPS) is 10.2. The van der Waals surface area contributed by atoms with Gasteiger partial charge in [0.2, 0.25) is 0 Å². The summed E-state index contributed by atoms with van der Waals surface area (Å²) in [6.07, 6.45) is 0. The molecule has 0 aliphatic heterocycles. The number of ether oxygens (including phenoxy) is 1. The molecule has 0 unspecified atom stereocenters. The molecule has 2 aromatic rings. The molecule has 0 atom stereocenters. The van der Waals surface area contributed by atoms with Gasteiger partial charge in [-0.3, -0.25) is 0 Å². The number of halogens is 1. The molecule has 2 heteroatoms. The van der Waals surface area contributed by atoms with Gasteiger partial charge in [-0.15, -0.1) is 0 Å². The minimum absolute atomic E-state index is 0.686. The van der Waals surface area contributed by atoms with Crippen LogP contribution in [0.2, 0.25) is 0 Å².